The monoisotopic (exact) mass is 510 g/mol. The lowest BCUT2D eigenvalue weighted by Crippen LogP contribution is -2.50. The first-order chi connectivity index (χ1) is 18.1. The van der Waals surface area contributed by atoms with Gasteiger partial charge in [0.05, 0.1) is 11.5 Å². The molecule has 4 aromatic carbocycles. The Hall–Kier alpha value is -3.25. The first kappa shape index (κ1) is 25.4. The lowest BCUT2D eigenvalue weighted by Gasteiger charge is -2.38. The minimum atomic E-state index is -3.19. The molecule has 0 bridgehead atoms. The van der Waals surface area contributed by atoms with Gasteiger partial charge in [0.2, 0.25) is 0 Å². The van der Waals surface area contributed by atoms with Crippen molar-refractivity contribution in [3.63, 3.8) is 0 Å². The average molecular weight is 511 g/mol. The maximum atomic E-state index is 13.2. The number of rotatable bonds is 10. The topological polar surface area (TPSA) is 40.6 Å². The van der Waals surface area contributed by atoms with E-state index < -0.39 is 9.84 Å². The summed E-state index contributed by atoms with van der Waals surface area (Å²) >= 11 is 0. The molecule has 0 amide bonds. The Labute approximate surface area is 221 Å². The third kappa shape index (κ3) is 6.95. The van der Waals surface area contributed by atoms with Gasteiger partial charge in [-0.2, -0.15) is 0 Å². The molecule has 1 aliphatic rings. The van der Waals surface area contributed by atoms with Crippen LogP contribution in [0.1, 0.15) is 22.3 Å². The molecular formula is C32H34N2O2S. The first-order valence-electron chi connectivity index (χ1n) is 12.9. The smallest absolute Gasteiger partial charge is 0.153 e. The van der Waals surface area contributed by atoms with Crippen LogP contribution in [0, 0.1) is 0 Å². The Morgan fingerprint density at radius 1 is 0.459 bits per heavy atom. The van der Waals surface area contributed by atoms with Gasteiger partial charge in [0.1, 0.15) is 0 Å². The van der Waals surface area contributed by atoms with E-state index in [0.29, 0.717) is 26.2 Å². The largest absolute Gasteiger partial charge is 0.289 e. The molecule has 0 aromatic heterocycles. The van der Waals surface area contributed by atoms with Gasteiger partial charge in [-0.25, -0.2) is 8.42 Å². The summed E-state index contributed by atoms with van der Waals surface area (Å²) in [6, 6.07) is 41.3. The predicted molar refractivity (Wildman–Crippen MR) is 150 cm³/mol. The third-order valence-electron chi connectivity index (χ3n) is 7.15. The highest BCUT2D eigenvalue weighted by Gasteiger charge is 2.43. The van der Waals surface area contributed by atoms with Crippen LogP contribution in [0.5, 0.6) is 0 Å². The van der Waals surface area contributed by atoms with Gasteiger partial charge in [-0.3, -0.25) is 9.80 Å². The number of sulfone groups is 1. The third-order valence-corrected chi connectivity index (χ3v) is 8.84. The lowest BCUT2D eigenvalue weighted by atomic mass is 10.0. The summed E-state index contributed by atoms with van der Waals surface area (Å²) in [4.78, 5) is 4.76. The summed E-state index contributed by atoms with van der Waals surface area (Å²) in [6.45, 7) is 2.82. The van der Waals surface area contributed by atoms with Gasteiger partial charge in [0.25, 0.3) is 0 Å². The van der Waals surface area contributed by atoms with E-state index in [-0.39, 0.29) is 23.6 Å². The summed E-state index contributed by atoms with van der Waals surface area (Å²) < 4.78 is 26.4. The number of nitrogens with zero attached hydrogens (tertiary/aromatic N) is 2. The highest BCUT2D eigenvalue weighted by Crippen LogP contribution is 2.29. The fraction of sp³-hybridized carbons (Fsp3) is 0.250. The zero-order valence-electron chi connectivity index (χ0n) is 21.1. The van der Waals surface area contributed by atoms with E-state index in [9.17, 15) is 8.42 Å². The minimum absolute atomic E-state index is 0.113. The van der Waals surface area contributed by atoms with Gasteiger partial charge in [-0.15, -0.1) is 0 Å². The quantitative estimate of drug-likeness (QED) is 0.280. The van der Waals surface area contributed by atoms with Crippen molar-refractivity contribution in [3.05, 3.63) is 144 Å². The molecule has 2 atom stereocenters. The molecular weight excluding hydrogens is 476 g/mol. The molecule has 1 fully saturated rings. The van der Waals surface area contributed by atoms with Crippen LogP contribution in [-0.4, -0.2) is 41.8 Å². The van der Waals surface area contributed by atoms with E-state index in [1.807, 2.05) is 24.3 Å². The molecule has 4 aromatic rings. The summed E-state index contributed by atoms with van der Waals surface area (Å²) in [5.74, 6) is 0.356. The van der Waals surface area contributed by atoms with Gasteiger partial charge in [0, 0.05) is 38.3 Å². The molecule has 0 aliphatic carbocycles. The summed E-state index contributed by atoms with van der Waals surface area (Å²) in [7, 11) is -3.19. The standard InChI is InChI=1S/C32H34N2O2S/c35-37(36)25-31(33(21-27-13-5-1-6-14-27)22-28-15-7-2-8-16-28)32(26-37)34(23-29-17-9-3-10-18-29)24-30-19-11-4-12-20-30/h1-20,31-32H,21-26H2/t31-,32+. The van der Waals surface area contributed by atoms with Crippen molar-refractivity contribution in [2.24, 2.45) is 0 Å². The molecule has 0 spiro atoms. The fourth-order valence-corrected chi connectivity index (χ4v) is 7.40. The number of hydrogen-bond acceptors (Lipinski definition) is 4. The van der Waals surface area contributed by atoms with Gasteiger partial charge < -0.3 is 0 Å². The highest BCUT2D eigenvalue weighted by atomic mass is 32.2. The summed E-state index contributed by atoms with van der Waals surface area (Å²) in [5.41, 5.74) is 4.77. The highest BCUT2D eigenvalue weighted by molar-refractivity contribution is 7.91. The average Bonchev–Trinajstić information content (AvgIpc) is 3.26. The molecule has 0 saturated carbocycles. The molecule has 0 unspecified atom stereocenters. The summed E-state index contributed by atoms with van der Waals surface area (Å²) in [5, 5.41) is 0. The number of hydrogen-bond donors (Lipinski definition) is 0. The van der Waals surface area contributed by atoms with Crippen molar-refractivity contribution in [2.75, 3.05) is 11.5 Å². The second-order valence-corrected chi connectivity index (χ2v) is 12.1. The van der Waals surface area contributed by atoms with Crippen LogP contribution in [0.25, 0.3) is 0 Å². The van der Waals surface area contributed by atoms with Crippen LogP contribution in [0.15, 0.2) is 121 Å². The maximum Gasteiger partial charge on any atom is 0.153 e. The van der Waals surface area contributed by atoms with Crippen LogP contribution in [0.2, 0.25) is 0 Å². The van der Waals surface area contributed by atoms with Crippen LogP contribution >= 0.6 is 0 Å². The fourth-order valence-electron chi connectivity index (χ4n) is 5.36. The Kier molecular flexibility index (Phi) is 8.15. The zero-order valence-corrected chi connectivity index (χ0v) is 21.9. The molecule has 190 valence electrons. The molecule has 4 nitrogen and oxygen atoms in total. The van der Waals surface area contributed by atoms with E-state index in [4.69, 9.17) is 0 Å². The van der Waals surface area contributed by atoms with E-state index in [1.165, 1.54) is 22.3 Å². The second-order valence-electron chi connectivity index (χ2n) is 9.96. The minimum Gasteiger partial charge on any atom is -0.289 e. The Balaban J connectivity index is 1.50. The SMILES string of the molecule is O=S1(=O)C[C@@H](N(Cc2ccccc2)Cc2ccccc2)[C@@H](N(Cc2ccccc2)Cc2ccccc2)C1. The Morgan fingerprint density at radius 3 is 0.946 bits per heavy atom. The van der Waals surface area contributed by atoms with Gasteiger partial charge >= 0.3 is 0 Å². The number of benzene rings is 4. The van der Waals surface area contributed by atoms with E-state index in [1.54, 1.807) is 0 Å². The second kappa shape index (κ2) is 11.9. The molecule has 37 heavy (non-hydrogen) atoms. The van der Waals surface area contributed by atoms with E-state index in [2.05, 4.69) is 107 Å². The molecule has 1 heterocycles. The predicted octanol–water partition coefficient (Wildman–Crippen LogP) is 5.56. The van der Waals surface area contributed by atoms with Crippen LogP contribution in [-0.2, 0) is 36.0 Å². The summed E-state index contributed by atoms with van der Waals surface area (Å²) in [6.07, 6.45) is 0. The van der Waals surface area contributed by atoms with Crippen molar-refractivity contribution in [1.29, 1.82) is 0 Å². The van der Waals surface area contributed by atoms with Gasteiger partial charge in [-0.1, -0.05) is 121 Å². The van der Waals surface area contributed by atoms with Crippen LogP contribution in [0.4, 0.5) is 0 Å². The zero-order chi connectivity index (χ0) is 25.5. The Bertz CT molecular complexity index is 1160. The molecule has 0 N–H and O–H groups in total. The van der Waals surface area contributed by atoms with E-state index >= 15 is 0 Å². The molecule has 0 radical (unpaired) electrons. The Morgan fingerprint density at radius 2 is 0.703 bits per heavy atom. The van der Waals surface area contributed by atoms with Crippen molar-refractivity contribution in [2.45, 2.75) is 38.3 Å². The van der Waals surface area contributed by atoms with Gasteiger partial charge in [-0.05, 0) is 22.3 Å². The van der Waals surface area contributed by atoms with Crippen molar-refractivity contribution < 1.29 is 8.42 Å². The van der Waals surface area contributed by atoms with Crippen molar-refractivity contribution in [3.8, 4) is 0 Å². The molecule has 1 saturated heterocycles. The van der Waals surface area contributed by atoms with Crippen molar-refractivity contribution in [1.82, 2.24) is 9.80 Å². The molecule has 5 rings (SSSR count). The lowest BCUT2D eigenvalue weighted by molar-refractivity contribution is 0.0863. The maximum absolute atomic E-state index is 13.2. The normalized spacial score (nSPS) is 18.9. The molecule has 5 heteroatoms. The van der Waals surface area contributed by atoms with Gasteiger partial charge in [0.15, 0.2) is 9.84 Å². The van der Waals surface area contributed by atoms with Crippen LogP contribution in [0.3, 0.4) is 0 Å². The first-order valence-corrected chi connectivity index (χ1v) is 14.7. The molecule has 1 aliphatic heterocycles. The van der Waals surface area contributed by atoms with Crippen LogP contribution < -0.4 is 0 Å². The van der Waals surface area contributed by atoms with E-state index in [0.717, 1.165) is 0 Å². The van der Waals surface area contributed by atoms with Crippen molar-refractivity contribution >= 4 is 9.84 Å².